The fourth-order valence-corrected chi connectivity index (χ4v) is 4.15. The largest absolute Gasteiger partial charge is 0.444 e. The third-order valence-electron chi connectivity index (χ3n) is 4.69. The normalized spacial score (nSPS) is 35.1. The molecule has 0 aromatic rings. The van der Waals surface area contributed by atoms with E-state index in [0.29, 0.717) is 12.0 Å². The molecule has 3 nitrogen and oxygen atoms in total. The quantitative estimate of drug-likeness (QED) is 0.710. The van der Waals surface area contributed by atoms with E-state index in [0.717, 1.165) is 31.2 Å². The number of rotatable bonds is 1. The van der Waals surface area contributed by atoms with Gasteiger partial charge in [-0.1, -0.05) is 13.8 Å². The lowest BCUT2D eigenvalue weighted by Crippen LogP contribution is -2.44. The van der Waals surface area contributed by atoms with Gasteiger partial charge in [0.2, 0.25) is 0 Å². The topological polar surface area (TPSA) is 29.5 Å². The highest BCUT2D eigenvalue weighted by Gasteiger charge is 2.39. The Morgan fingerprint density at radius 1 is 1.10 bits per heavy atom. The zero-order chi connectivity index (χ0) is 14.9. The van der Waals surface area contributed by atoms with Gasteiger partial charge in [-0.05, 0) is 70.6 Å². The predicted octanol–water partition coefficient (Wildman–Crippen LogP) is 4.46. The highest BCUT2D eigenvalue weighted by atomic mass is 16.6. The SMILES string of the molecule is C[C@@H]1CC([C@@H]2CCCN2C(=O)OC(C)(C)C)C[C@H](C)C1. The second-order valence-electron chi connectivity index (χ2n) is 8.06. The smallest absolute Gasteiger partial charge is 0.410 e. The van der Waals surface area contributed by atoms with Gasteiger partial charge in [0.25, 0.3) is 0 Å². The van der Waals surface area contributed by atoms with E-state index in [9.17, 15) is 4.79 Å². The van der Waals surface area contributed by atoms with Crippen molar-refractivity contribution < 1.29 is 9.53 Å². The lowest BCUT2D eigenvalue weighted by molar-refractivity contribution is 0.0125. The van der Waals surface area contributed by atoms with E-state index >= 15 is 0 Å². The van der Waals surface area contributed by atoms with Crippen molar-refractivity contribution in [2.75, 3.05) is 6.54 Å². The van der Waals surface area contributed by atoms with Crippen molar-refractivity contribution >= 4 is 6.09 Å². The maximum atomic E-state index is 12.4. The van der Waals surface area contributed by atoms with Crippen LogP contribution in [0.1, 0.15) is 66.7 Å². The zero-order valence-electron chi connectivity index (χ0n) is 13.8. The van der Waals surface area contributed by atoms with Gasteiger partial charge in [-0.15, -0.1) is 0 Å². The van der Waals surface area contributed by atoms with Crippen molar-refractivity contribution in [1.29, 1.82) is 0 Å². The predicted molar refractivity (Wildman–Crippen MR) is 81.6 cm³/mol. The van der Waals surface area contributed by atoms with Crippen molar-refractivity contribution in [1.82, 2.24) is 4.90 Å². The summed E-state index contributed by atoms with van der Waals surface area (Å²) < 4.78 is 5.58. The summed E-state index contributed by atoms with van der Waals surface area (Å²) in [7, 11) is 0. The monoisotopic (exact) mass is 281 g/mol. The van der Waals surface area contributed by atoms with Gasteiger partial charge in [0, 0.05) is 12.6 Å². The molecule has 1 heterocycles. The van der Waals surface area contributed by atoms with Gasteiger partial charge in [0.1, 0.15) is 5.60 Å². The summed E-state index contributed by atoms with van der Waals surface area (Å²) in [4.78, 5) is 14.4. The second kappa shape index (κ2) is 5.95. The van der Waals surface area contributed by atoms with Crippen LogP contribution < -0.4 is 0 Å². The van der Waals surface area contributed by atoms with Crippen LogP contribution in [0.4, 0.5) is 4.79 Å². The van der Waals surface area contributed by atoms with Crippen molar-refractivity contribution in [2.45, 2.75) is 78.4 Å². The molecular weight excluding hydrogens is 250 g/mol. The summed E-state index contributed by atoms with van der Waals surface area (Å²) in [6.07, 6.45) is 6.07. The Bertz CT molecular complexity index is 337. The lowest BCUT2D eigenvalue weighted by Gasteiger charge is -2.39. The number of amides is 1. The number of hydrogen-bond acceptors (Lipinski definition) is 2. The fraction of sp³-hybridized carbons (Fsp3) is 0.941. The van der Waals surface area contributed by atoms with E-state index in [4.69, 9.17) is 4.74 Å². The molecule has 0 radical (unpaired) electrons. The van der Waals surface area contributed by atoms with Crippen molar-refractivity contribution in [3.8, 4) is 0 Å². The Kier molecular flexibility index (Phi) is 4.66. The molecule has 3 heteroatoms. The number of hydrogen-bond donors (Lipinski definition) is 0. The molecular formula is C17H31NO2. The molecule has 0 spiro atoms. The fourth-order valence-electron chi connectivity index (χ4n) is 4.15. The van der Waals surface area contributed by atoms with Gasteiger partial charge >= 0.3 is 6.09 Å². The summed E-state index contributed by atoms with van der Waals surface area (Å²) in [6, 6.07) is 0.412. The molecule has 1 saturated carbocycles. The molecule has 4 atom stereocenters. The van der Waals surface area contributed by atoms with Crippen LogP contribution in [0.25, 0.3) is 0 Å². The molecule has 1 aliphatic carbocycles. The number of carbonyl (C=O) groups excluding carboxylic acids is 1. The first kappa shape index (κ1) is 15.7. The van der Waals surface area contributed by atoms with E-state index in [1.54, 1.807) is 0 Å². The third kappa shape index (κ3) is 3.89. The van der Waals surface area contributed by atoms with E-state index in [1.807, 2.05) is 25.7 Å². The van der Waals surface area contributed by atoms with Gasteiger partial charge in [0.15, 0.2) is 0 Å². The molecule has 2 rings (SSSR count). The number of ether oxygens (including phenoxy) is 1. The molecule has 2 aliphatic rings. The maximum Gasteiger partial charge on any atom is 0.410 e. The molecule has 0 N–H and O–H groups in total. The van der Waals surface area contributed by atoms with E-state index < -0.39 is 5.60 Å². The minimum atomic E-state index is -0.391. The summed E-state index contributed by atoms with van der Waals surface area (Å²) in [5.74, 6) is 2.26. The number of nitrogens with zero attached hydrogens (tertiary/aromatic N) is 1. The van der Waals surface area contributed by atoms with Crippen LogP contribution in [0.5, 0.6) is 0 Å². The standard InChI is InChI=1S/C17H31NO2/c1-12-9-13(2)11-14(10-12)15-7-6-8-18(15)16(19)20-17(3,4)5/h12-15H,6-11H2,1-5H3/t12-,13+,14?,15-/m0/s1. The average Bonchev–Trinajstić information content (AvgIpc) is 2.73. The van der Waals surface area contributed by atoms with Crippen LogP contribution in [-0.4, -0.2) is 29.2 Å². The molecule has 2 fully saturated rings. The van der Waals surface area contributed by atoms with E-state index in [2.05, 4.69) is 13.8 Å². The summed E-state index contributed by atoms with van der Waals surface area (Å²) in [5.41, 5.74) is -0.391. The number of carbonyl (C=O) groups is 1. The Morgan fingerprint density at radius 3 is 2.25 bits per heavy atom. The van der Waals surface area contributed by atoms with Gasteiger partial charge in [-0.2, -0.15) is 0 Å². The van der Waals surface area contributed by atoms with E-state index in [1.165, 1.54) is 19.3 Å². The first-order valence-electron chi connectivity index (χ1n) is 8.26. The summed E-state index contributed by atoms with van der Waals surface area (Å²) >= 11 is 0. The van der Waals surface area contributed by atoms with Crippen LogP contribution in [0.15, 0.2) is 0 Å². The molecule has 1 aliphatic heterocycles. The Morgan fingerprint density at radius 2 is 1.70 bits per heavy atom. The molecule has 116 valence electrons. The highest BCUT2D eigenvalue weighted by Crippen LogP contribution is 2.39. The molecule has 0 bridgehead atoms. The first-order chi connectivity index (χ1) is 9.26. The van der Waals surface area contributed by atoms with Gasteiger partial charge in [-0.25, -0.2) is 4.79 Å². The molecule has 1 saturated heterocycles. The van der Waals surface area contributed by atoms with Crippen LogP contribution in [-0.2, 0) is 4.74 Å². The first-order valence-corrected chi connectivity index (χ1v) is 8.26. The highest BCUT2D eigenvalue weighted by molar-refractivity contribution is 5.69. The summed E-state index contributed by atoms with van der Waals surface area (Å²) in [5, 5.41) is 0. The zero-order valence-corrected chi connectivity index (χ0v) is 13.8. The molecule has 1 amide bonds. The minimum absolute atomic E-state index is 0.106. The molecule has 0 aromatic carbocycles. The van der Waals surface area contributed by atoms with Crippen molar-refractivity contribution in [2.24, 2.45) is 17.8 Å². The van der Waals surface area contributed by atoms with Crippen LogP contribution in [0.2, 0.25) is 0 Å². The molecule has 0 aromatic heterocycles. The lowest BCUT2D eigenvalue weighted by atomic mass is 9.73. The van der Waals surface area contributed by atoms with Gasteiger partial charge < -0.3 is 9.64 Å². The molecule has 20 heavy (non-hydrogen) atoms. The average molecular weight is 281 g/mol. The van der Waals surface area contributed by atoms with E-state index in [-0.39, 0.29) is 6.09 Å². The van der Waals surface area contributed by atoms with Crippen molar-refractivity contribution in [3.05, 3.63) is 0 Å². The van der Waals surface area contributed by atoms with Crippen LogP contribution >= 0.6 is 0 Å². The van der Waals surface area contributed by atoms with Crippen LogP contribution in [0, 0.1) is 17.8 Å². The Hall–Kier alpha value is -0.730. The number of likely N-dealkylation sites (tertiary alicyclic amines) is 1. The Balaban J connectivity index is 2.01. The Labute approximate surface area is 124 Å². The summed E-state index contributed by atoms with van der Waals surface area (Å²) in [6.45, 7) is 11.4. The van der Waals surface area contributed by atoms with Gasteiger partial charge in [-0.3, -0.25) is 0 Å². The third-order valence-corrected chi connectivity index (χ3v) is 4.69. The maximum absolute atomic E-state index is 12.4. The molecule has 1 unspecified atom stereocenters. The van der Waals surface area contributed by atoms with Crippen molar-refractivity contribution in [3.63, 3.8) is 0 Å². The second-order valence-corrected chi connectivity index (χ2v) is 8.06. The minimum Gasteiger partial charge on any atom is -0.444 e. The van der Waals surface area contributed by atoms with Crippen LogP contribution in [0.3, 0.4) is 0 Å². The van der Waals surface area contributed by atoms with Gasteiger partial charge in [0.05, 0.1) is 0 Å².